The monoisotopic (exact) mass is 166 g/mol. The summed E-state index contributed by atoms with van der Waals surface area (Å²) < 4.78 is 0. The Balaban J connectivity index is 2.33. The van der Waals surface area contributed by atoms with Gasteiger partial charge in [0.15, 0.2) is 0 Å². The van der Waals surface area contributed by atoms with Crippen LogP contribution in [0.2, 0.25) is 0 Å². The van der Waals surface area contributed by atoms with Crippen molar-refractivity contribution in [3.05, 3.63) is 24.3 Å². The van der Waals surface area contributed by atoms with Gasteiger partial charge in [0.1, 0.15) is 0 Å². The van der Waals surface area contributed by atoms with Gasteiger partial charge >= 0.3 is 0 Å². The lowest BCUT2D eigenvalue weighted by atomic mass is 10.1. The van der Waals surface area contributed by atoms with Crippen LogP contribution in [0.3, 0.4) is 0 Å². The summed E-state index contributed by atoms with van der Waals surface area (Å²) in [6.07, 6.45) is 5.16. The molecule has 1 heterocycles. The second kappa shape index (κ2) is 5.12. The molecule has 2 heteroatoms. The lowest BCUT2D eigenvalue weighted by Gasteiger charge is -2.24. The van der Waals surface area contributed by atoms with Crippen molar-refractivity contribution >= 4 is 0 Å². The van der Waals surface area contributed by atoms with Crippen LogP contribution in [0.5, 0.6) is 0 Å². The molecule has 2 N–H and O–H groups in total. The van der Waals surface area contributed by atoms with E-state index in [-0.39, 0.29) is 0 Å². The standard InChI is InChI=1S/C10H18N2/c1-3-9(4-2)7-10-8-11-5-6-12-10/h3-4,10-12H,1,5-8H2,2H3/b9-4+. The average Bonchev–Trinajstić information content (AvgIpc) is 2.16. The summed E-state index contributed by atoms with van der Waals surface area (Å²) in [4.78, 5) is 0. The molecule has 0 aromatic heterocycles. The molecule has 0 bridgehead atoms. The first-order valence-electron chi connectivity index (χ1n) is 4.58. The summed E-state index contributed by atoms with van der Waals surface area (Å²) in [6.45, 7) is 9.09. The lowest BCUT2D eigenvalue weighted by molar-refractivity contribution is 0.417. The summed E-state index contributed by atoms with van der Waals surface area (Å²) in [5, 5.41) is 6.83. The van der Waals surface area contributed by atoms with E-state index in [0.29, 0.717) is 6.04 Å². The Morgan fingerprint density at radius 3 is 2.92 bits per heavy atom. The van der Waals surface area contributed by atoms with Crippen molar-refractivity contribution in [2.75, 3.05) is 19.6 Å². The van der Waals surface area contributed by atoms with Gasteiger partial charge < -0.3 is 10.6 Å². The van der Waals surface area contributed by atoms with E-state index in [0.717, 1.165) is 26.1 Å². The molecule has 1 fully saturated rings. The molecule has 0 aromatic rings. The first kappa shape index (κ1) is 9.49. The number of allylic oxidation sites excluding steroid dienone is 2. The van der Waals surface area contributed by atoms with E-state index >= 15 is 0 Å². The molecule has 1 atom stereocenters. The fourth-order valence-corrected chi connectivity index (χ4v) is 1.46. The Bertz CT molecular complexity index is 167. The Kier molecular flexibility index (Phi) is 4.05. The highest BCUT2D eigenvalue weighted by molar-refractivity contribution is 5.16. The summed E-state index contributed by atoms with van der Waals surface area (Å²) in [5.41, 5.74) is 1.33. The zero-order valence-electron chi connectivity index (χ0n) is 7.77. The van der Waals surface area contributed by atoms with E-state index in [9.17, 15) is 0 Å². The van der Waals surface area contributed by atoms with Gasteiger partial charge in [-0.25, -0.2) is 0 Å². The van der Waals surface area contributed by atoms with Crippen LogP contribution >= 0.6 is 0 Å². The van der Waals surface area contributed by atoms with Crippen LogP contribution in [0.4, 0.5) is 0 Å². The summed E-state index contributed by atoms with van der Waals surface area (Å²) in [5.74, 6) is 0. The molecule has 0 saturated carbocycles. The molecule has 1 unspecified atom stereocenters. The molecule has 0 aromatic carbocycles. The molecule has 1 aliphatic heterocycles. The molecule has 2 nitrogen and oxygen atoms in total. The van der Waals surface area contributed by atoms with E-state index < -0.39 is 0 Å². The normalized spacial score (nSPS) is 25.4. The van der Waals surface area contributed by atoms with Crippen LogP contribution in [0, 0.1) is 0 Å². The highest BCUT2D eigenvalue weighted by atomic mass is 15.0. The smallest absolute Gasteiger partial charge is 0.0233 e. The van der Waals surface area contributed by atoms with Gasteiger partial charge in [0.05, 0.1) is 0 Å². The van der Waals surface area contributed by atoms with Gasteiger partial charge in [-0.15, -0.1) is 0 Å². The van der Waals surface area contributed by atoms with Crippen LogP contribution in [-0.4, -0.2) is 25.7 Å². The van der Waals surface area contributed by atoms with Crippen LogP contribution in [0.25, 0.3) is 0 Å². The number of hydrogen-bond acceptors (Lipinski definition) is 2. The van der Waals surface area contributed by atoms with Crippen LogP contribution < -0.4 is 10.6 Å². The molecule has 1 rings (SSSR count). The maximum absolute atomic E-state index is 3.78. The predicted molar refractivity (Wildman–Crippen MR) is 53.2 cm³/mol. The third-order valence-corrected chi connectivity index (χ3v) is 2.24. The quantitative estimate of drug-likeness (QED) is 0.613. The van der Waals surface area contributed by atoms with Crippen LogP contribution in [0.1, 0.15) is 13.3 Å². The lowest BCUT2D eigenvalue weighted by Crippen LogP contribution is -2.48. The zero-order chi connectivity index (χ0) is 8.81. The zero-order valence-corrected chi connectivity index (χ0v) is 7.77. The first-order chi connectivity index (χ1) is 5.86. The molecule has 0 radical (unpaired) electrons. The highest BCUT2D eigenvalue weighted by Gasteiger charge is 2.11. The molecule has 68 valence electrons. The Morgan fingerprint density at radius 1 is 1.58 bits per heavy atom. The van der Waals surface area contributed by atoms with E-state index in [2.05, 4.69) is 30.2 Å². The van der Waals surface area contributed by atoms with Crippen molar-refractivity contribution in [2.24, 2.45) is 0 Å². The number of rotatable bonds is 3. The maximum atomic E-state index is 3.78. The number of nitrogens with one attached hydrogen (secondary N) is 2. The molecule has 1 saturated heterocycles. The first-order valence-corrected chi connectivity index (χ1v) is 4.58. The van der Waals surface area contributed by atoms with Gasteiger partial charge in [-0.05, 0) is 13.3 Å². The molecule has 0 spiro atoms. The van der Waals surface area contributed by atoms with Gasteiger partial charge in [-0.1, -0.05) is 24.3 Å². The third kappa shape index (κ3) is 2.80. The second-order valence-corrected chi connectivity index (χ2v) is 3.13. The van der Waals surface area contributed by atoms with Crippen LogP contribution in [-0.2, 0) is 0 Å². The number of piperazine rings is 1. The molecule has 12 heavy (non-hydrogen) atoms. The fourth-order valence-electron chi connectivity index (χ4n) is 1.46. The van der Waals surface area contributed by atoms with E-state index in [1.165, 1.54) is 5.57 Å². The molecule has 1 aliphatic rings. The van der Waals surface area contributed by atoms with Crippen molar-refractivity contribution < 1.29 is 0 Å². The molecule has 0 amide bonds. The SMILES string of the molecule is C=C/C(=C\C)CC1CNCCN1. The van der Waals surface area contributed by atoms with Gasteiger partial charge in [0.2, 0.25) is 0 Å². The minimum Gasteiger partial charge on any atom is -0.314 e. The Morgan fingerprint density at radius 2 is 2.42 bits per heavy atom. The summed E-state index contributed by atoms with van der Waals surface area (Å²) in [6, 6.07) is 0.586. The highest BCUT2D eigenvalue weighted by Crippen LogP contribution is 2.06. The molecular formula is C10H18N2. The molecule has 0 aliphatic carbocycles. The average molecular weight is 166 g/mol. The fraction of sp³-hybridized carbons (Fsp3) is 0.600. The number of hydrogen-bond donors (Lipinski definition) is 2. The minimum absolute atomic E-state index is 0.586. The molecular weight excluding hydrogens is 148 g/mol. The third-order valence-electron chi connectivity index (χ3n) is 2.24. The van der Waals surface area contributed by atoms with Crippen molar-refractivity contribution in [2.45, 2.75) is 19.4 Å². The van der Waals surface area contributed by atoms with Crippen molar-refractivity contribution in [1.29, 1.82) is 0 Å². The van der Waals surface area contributed by atoms with Gasteiger partial charge in [-0.2, -0.15) is 0 Å². The second-order valence-electron chi connectivity index (χ2n) is 3.13. The summed E-state index contributed by atoms with van der Waals surface area (Å²) >= 11 is 0. The van der Waals surface area contributed by atoms with E-state index in [1.54, 1.807) is 0 Å². The largest absolute Gasteiger partial charge is 0.314 e. The Hall–Kier alpha value is -0.600. The van der Waals surface area contributed by atoms with Crippen molar-refractivity contribution in [1.82, 2.24) is 10.6 Å². The van der Waals surface area contributed by atoms with Crippen molar-refractivity contribution in [3.63, 3.8) is 0 Å². The van der Waals surface area contributed by atoms with Gasteiger partial charge in [0.25, 0.3) is 0 Å². The predicted octanol–water partition coefficient (Wildman–Crippen LogP) is 1.07. The van der Waals surface area contributed by atoms with E-state index in [4.69, 9.17) is 0 Å². The van der Waals surface area contributed by atoms with E-state index in [1.807, 2.05) is 6.08 Å². The summed E-state index contributed by atoms with van der Waals surface area (Å²) in [7, 11) is 0. The topological polar surface area (TPSA) is 24.1 Å². The van der Waals surface area contributed by atoms with Gasteiger partial charge in [0, 0.05) is 25.7 Å². The van der Waals surface area contributed by atoms with Crippen LogP contribution in [0.15, 0.2) is 24.3 Å². The van der Waals surface area contributed by atoms with Gasteiger partial charge in [-0.3, -0.25) is 0 Å². The maximum Gasteiger partial charge on any atom is 0.0233 e. The van der Waals surface area contributed by atoms with Crippen molar-refractivity contribution in [3.8, 4) is 0 Å². The Labute approximate surface area is 74.7 Å². The minimum atomic E-state index is 0.586.